The second-order valence-electron chi connectivity index (χ2n) is 11.9. The molecule has 2 saturated heterocycles. The molecule has 4 aromatic rings. The standard InChI is InChI=1S/C33H29N5/c1(18-3-6-20(7-4-18)24-16-29(34-17-24)30-14-22-12-27(22)35-30)2-19-5-9-25-21(11-19)8-10-26-32(25)38-33(37-26)31-15-23-13-28(23)36-31/h3-11,17,22-23,27-28,30-31,35-36H,12-16H2,(H,37,38)/t22-,23-,27-,28-,30+,31+/m1/s1. The van der Waals surface area contributed by atoms with Crippen LogP contribution in [-0.4, -0.2) is 33.8 Å². The molecule has 0 amide bonds. The first-order valence-corrected chi connectivity index (χ1v) is 14.1. The lowest BCUT2D eigenvalue weighted by Crippen LogP contribution is -2.33. The number of aliphatic imine (C=N–C) groups is 1. The second-order valence-corrected chi connectivity index (χ2v) is 11.9. The number of hydrogen-bond donors (Lipinski definition) is 3. The topological polar surface area (TPSA) is 65.1 Å². The van der Waals surface area contributed by atoms with E-state index in [1.54, 1.807) is 0 Å². The zero-order chi connectivity index (χ0) is 24.8. The van der Waals surface area contributed by atoms with Gasteiger partial charge in [-0.3, -0.25) is 4.99 Å². The summed E-state index contributed by atoms with van der Waals surface area (Å²) in [4.78, 5) is 13.3. The average Bonchev–Trinajstić information content (AvgIpc) is 3.52. The lowest BCUT2D eigenvalue weighted by molar-refractivity contribution is 0.544. The van der Waals surface area contributed by atoms with E-state index in [1.807, 2.05) is 0 Å². The number of aromatic amines is 1. The predicted octanol–water partition coefficient (Wildman–Crippen LogP) is 5.47. The van der Waals surface area contributed by atoms with Gasteiger partial charge in [0.2, 0.25) is 0 Å². The first kappa shape index (κ1) is 21.2. The zero-order valence-electron chi connectivity index (χ0n) is 21.2. The normalized spacial score (nSPS) is 30.5. The van der Waals surface area contributed by atoms with Gasteiger partial charge in [0.25, 0.3) is 0 Å². The zero-order valence-corrected chi connectivity index (χ0v) is 21.2. The molecule has 5 nitrogen and oxygen atoms in total. The molecule has 38 heavy (non-hydrogen) atoms. The summed E-state index contributed by atoms with van der Waals surface area (Å²) in [7, 11) is 0. The highest BCUT2D eigenvalue weighted by molar-refractivity contribution is 6.04. The highest BCUT2D eigenvalue weighted by atomic mass is 15.1. The molecule has 3 N–H and O–H groups in total. The van der Waals surface area contributed by atoms with Crippen molar-refractivity contribution < 1.29 is 0 Å². The van der Waals surface area contributed by atoms with E-state index in [4.69, 9.17) is 9.98 Å². The number of hydrogen-bond acceptors (Lipinski definition) is 4. The maximum atomic E-state index is 5.00. The van der Waals surface area contributed by atoms with Crippen molar-refractivity contribution in [2.45, 2.75) is 56.3 Å². The van der Waals surface area contributed by atoms with Gasteiger partial charge in [-0.25, -0.2) is 4.98 Å². The van der Waals surface area contributed by atoms with Crippen LogP contribution >= 0.6 is 0 Å². The van der Waals surface area contributed by atoms with Crippen LogP contribution in [0.4, 0.5) is 0 Å². The highest BCUT2D eigenvalue weighted by Crippen LogP contribution is 2.46. The van der Waals surface area contributed by atoms with E-state index >= 15 is 0 Å². The largest absolute Gasteiger partial charge is 0.341 e. The highest BCUT2D eigenvalue weighted by Gasteiger charge is 2.47. The molecular weight excluding hydrogens is 466 g/mol. The monoisotopic (exact) mass is 495 g/mol. The minimum absolute atomic E-state index is 0.368. The Labute approximate surface area is 221 Å². The average molecular weight is 496 g/mol. The van der Waals surface area contributed by atoms with Crippen LogP contribution in [0.25, 0.3) is 27.4 Å². The fourth-order valence-electron chi connectivity index (χ4n) is 6.92. The Kier molecular flexibility index (Phi) is 4.41. The van der Waals surface area contributed by atoms with Crippen LogP contribution in [0.3, 0.4) is 0 Å². The van der Waals surface area contributed by atoms with E-state index in [-0.39, 0.29) is 0 Å². The molecule has 3 aliphatic heterocycles. The Bertz CT molecular complexity index is 1730. The van der Waals surface area contributed by atoms with Crippen molar-refractivity contribution in [1.82, 2.24) is 20.6 Å². The van der Waals surface area contributed by atoms with Gasteiger partial charge in [-0.2, -0.15) is 0 Å². The summed E-state index contributed by atoms with van der Waals surface area (Å²) in [5.74, 6) is 9.56. The van der Waals surface area contributed by atoms with E-state index in [0.29, 0.717) is 18.1 Å². The quantitative estimate of drug-likeness (QED) is 0.330. The summed E-state index contributed by atoms with van der Waals surface area (Å²) in [6.45, 7) is 0. The van der Waals surface area contributed by atoms with Gasteiger partial charge in [0.05, 0.1) is 17.1 Å². The number of benzene rings is 3. The van der Waals surface area contributed by atoms with E-state index in [0.717, 1.165) is 52.3 Å². The first-order valence-electron chi connectivity index (χ1n) is 14.1. The van der Waals surface area contributed by atoms with Crippen LogP contribution in [0.1, 0.15) is 60.7 Å². The number of nitrogens with one attached hydrogen (secondary N) is 3. The first-order chi connectivity index (χ1) is 18.7. The molecule has 4 fully saturated rings. The molecule has 1 aromatic heterocycles. The van der Waals surface area contributed by atoms with Gasteiger partial charge in [0, 0.05) is 53.0 Å². The Morgan fingerprint density at radius 3 is 2.32 bits per heavy atom. The molecule has 5 aliphatic rings. The van der Waals surface area contributed by atoms with Crippen molar-refractivity contribution in [3.05, 3.63) is 83.3 Å². The molecule has 0 unspecified atom stereocenters. The van der Waals surface area contributed by atoms with Crippen LogP contribution in [0.2, 0.25) is 0 Å². The van der Waals surface area contributed by atoms with Gasteiger partial charge >= 0.3 is 0 Å². The Morgan fingerprint density at radius 2 is 1.53 bits per heavy atom. The number of allylic oxidation sites excluding steroid dienone is 1. The molecule has 5 heteroatoms. The number of rotatable bonds is 3. The van der Waals surface area contributed by atoms with Crippen LogP contribution < -0.4 is 10.6 Å². The minimum Gasteiger partial charge on any atom is -0.341 e. The second kappa shape index (κ2) is 7.89. The maximum absolute atomic E-state index is 5.00. The number of piperidine rings is 2. The van der Waals surface area contributed by atoms with Crippen molar-refractivity contribution in [3.63, 3.8) is 0 Å². The molecule has 0 spiro atoms. The summed E-state index contributed by atoms with van der Waals surface area (Å²) in [6, 6.07) is 21.7. The van der Waals surface area contributed by atoms with Crippen molar-refractivity contribution >= 4 is 33.1 Å². The molecule has 4 heterocycles. The molecule has 2 aliphatic carbocycles. The third-order valence-electron chi connectivity index (χ3n) is 9.34. The van der Waals surface area contributed by atoms with Crippen LogP contribution in [0.15, 0.2) is 65.8 Å². The summed E-state index contributed by atoms with van der Waals surface area (Å²) < 4.78 is 0. The van der Waals surface area contributed by atoms with Gasteiger partial charge < -0.3 is 15.6 Å². The van der Waals surface area contributed by atoms with Gasteiger partial charge in [-0.05, 0) is 84.4 Å². The molecular formula is C33H29N5. The molecule has 0 bridgehead atoms. The van der Waals surface area contributed by atoms with E-state index in [9.17, 15) is 0 Å². The molecule has 6 atom stereocenters. The molecule has 3 aromatic carbocycles. The molecule has 2 saturated carbocycles. The Hall–Kier alpha value is -3.72. The van der Waals surface area contributed by atoms with Crippen molar-refractivity contribution in [2.24, 2.45) is 16.8 Å². The summed E-state index contributed by atoms with van der Waals surface area (Å²) in [5.41, 5.74) is 8.08. The lowest BCUT2D eigenvalue weighted by atomic mass is 9.97. The van der Waals surface area contributed by atoms with Gasteiger partial charge in [-0.15, -0.1) is 0 Å². The van der Waals surface area contributed by atoms with Crippen molar-refractivity contribution in [2.75, 3.05) is 0 Å². The fraction of sp³-hybridized carbons (Fsp3) is 0.333. The van der Waals surface area contributed by atoms with Gasteiger partial charge in [0.15, 0.2) is 0 Å². The predicted molar refractivity (Wildman–Crippen MR) is 152 cm³/mol. The third-order valence-corrected chi connectivity index (χ3v) is 9.34. The third kappa shape index (κ3) is 3.55. The summed E-state index contributed by atoms with van der Waals surface area (Å²) in [6.07, 6.45) is 8.18. The van der Waals surface area contributed by atoms with E-state index in [1.165, 1.54) is 53.3 Å². The number of imidazole rings is 1. The van der Waals surface area contributed by atoms with Crippen molar-refractivity contribution in [1.29, 1.82) is 0 Å². The van der Waals surface area contributed by atoms with Crippen LogP contribution in [0, 0.1) is 23.7 Å². The van der Waals surface area contributed by atoms with Gasteiger partial charge in [0.1, 0.15) is 5.82 Å². The number of nitrogens with zero attached hydrogens (tertiary/aromatic N) is 2. The summed E-state index contributed by atoms with van der Waals surface area (Å²) >= 11 is 0. The smallest absolute Gasteiger partial charge is 0.124 e. The van der Waals surface area contributed by atoms with Crippen LogP contribution in [0.5, 0.6) is 0 Å². The number of H-pyrrole nitrogens is 1. The lowest BCUT2D eigenvalue weighted by Gasteiger charge is -2.13. The van der Waals surface area contributed by atoms with E-state index < -0.39 is 0 Å². The van der Waals surface area contributed by atoms with Crippen LogP contribution in [-0.2, 0) is 0 Å². The minimum atomic E-state index is 0.368. The Morgan fingerprint density at radius 1 is 0.763 bits per heavy atom. The van der Waals surface area contributed by atoms with Gasteiger partial charge in [-0.1, -0.05) is 36.1 Å². The molecule has 9 rings (SSSR count). The SMILES string of the molecule is C(#Cc1ccc2c(ccc3[nH]c([C@@H]4C[C@H]5C[C@H]5N4)nc32)c1)c1ccc(C2=CN=C([C@@H]3C[C@H]4C[C@H]4N3)C2)cc1. The summed E-state index contributed by atoms with van der Waals surface area (Å²) in [5, 5.41) is 9.79. The number of fused-ring (bicyclic) bond motifs is 5. The van der Waals surface area contributed by atoms with E-state index in [2.05, 4.69) is 88.3 Å². The Balaban J connectivity index is 0.915. The molecule has 186 valence electrons. The fourth-order valence-corrected chi connectivity index (χ4v) is 6.92. The molecule has 0 radical (unpaired) electrons. The van der Waals surface area contributed by atoms with Crippen molar-refractivity contribution in [3.8, 4) is 11.8 Å². The number of aromatic nitrogens is 2. The maximum Gasteiger partial charge on any atom is 0.124 e.